The van der Waals surface area contributed by atoms with Gasteiger partial charge in [-0.25, -0.2) is 0 Å². The topological polar surface area (TPSA) is 46.4 Å². The van der Waals surface area contributed by atoms with Crippen molar-refractivity contribution in [3.05, 3.63) is 38.3 Å². The number of halogens is 1. The number of nitro benzene ring substituents is 1. The fourth-order valence-electron chi connectivity index (χ4n) is 1.12. The normalized spacial score (nSPS) is 10.6. The van der Waals surface area contributed by atoms with E-state index in [2.05, 4.69) is 15.9 Å². The van der Waals surface area contributed by atoms with Gasteiger partial charge in [0.1, 0.15) is 0 Å². The second-order valence-corrected chi connectivity index (χ2v) is 4.12. The minimum Gasteiger partial charge on any atom is -0.305 e. The average molecular weight is 259 g/mol. The Morgan fingerprint density at radius 3 is 2.57 bits per heavy atom. The summed E-state index contributed by atoms with van der Waals surface area (Å²) < 4.78 is 0.778. The Labute approximate surface area is 90.8 Å². The third-order valence-electron chi connectivity index (χ3n) is 1.73. The van der Waals surface area contributed by atoms with Gasteiger partial charge in [-0.15, -0.1) is 0 Å². The average Bonchev–Trinajstić information content (AvgIpc) is 2.07. The van der Waals surface area contributed by atoms with Crippen molar-refractivity contribution in [1.82, 2.24) is 4.90 Å². The fourth-order valence-corrected chi connectivity index (χ4v) is 1.61. The van der Waals surface area contributed by atoms with Gasteiger partial charge in [-0.2, -0.15) is 0 Å². The van der Waals surface area contributed by atoms with Crippen LogP contribution in [0.2, 0.25) is 0 Å². The van der Waals surface area contributed by atoms with Crippen LogP contribution >= 0.6 is 15.9 Å². The van der Waals surface area contributed by atoms with Crippen molar-refractivity contribution in [2.24, 2.45) is 0 Å². The Balaban J connectivity index is 2.95. The summed E-state index contributed by atoms with van der Waals surface area (Å²) >= 11 is 3.31. The SMILES string of the molecule is CN(C)Cc1ccc([N+](=O)[O-])cc1Br. The van der Waals surface area contributed by atoms with E-state index in [1.54, 1.807) is 6.07 Å². The molecule has 1 aromatic carbocycles. The fraction of sp³-hybridized carbons (Fsp3) is 0.333. The van der Waals surface area contributed by atoms with Crippen molar-refractivity contribution >= 4 is 21.6 Å². The van der Waals surface area contributed by atoms with E-state index in [-0.39, 0.29) is 5.69 Å². The third kappa shape index (κ3) is 2.78. The van der Waals surface area contributed by atoms with Gasteiger partial charge >= 0.3 is 0 Å². The highest BCUT2D eigenvalue weighted by atomic mass is 79.9. The minimum absolute atomic E-state index is 0.111. The van der Waals surface area contributed by atoms with Crippen molar-refractivity contribution in [2.45, 2.75) is 6.54 Å². The molecular weight excluding hydrogens is 248 g/mol. The van der Waals surface area contributed by atoms with Gasteiger partial charge in [0.15, 0.2) is 0 Å². The lowest BCUT2D eigenvalue weighted by Crippen LogP contribution is -2.11. The third-order valence-corrected chi connectivity index (χ3v) is 2.47. The molecule has 0 amide bonds. The standard InChI is InChI=1S/C9H11BrN2O2/c1-11(2)6-7-3-4-8(12(13)14)5-9(7)10/h3-5H,6H2,1-2H3. The van der Waals surface area contributed by atoms with Gasteiger partial charge in [0, 0.05) is 23.2 Å². The highest BCUT2D eigenvalue weighted by molar-refractivity contribution is 9.10. The summed E-state index contributed by atoms with van der Waals surface area (Å²) in [5.74, 6) is 0. The molecule has 0 unspecified atom stereocenters. The molecule has 0 spiro atoms. The Hall–Kier alpha value is -0.940. The zero-order valence-corrected chi connectivity index (χ0v) is 9.61. The van der Waals surface area contributed by atoms with Gasteiger partial charge in [-0.3, -0.25) is 10.1 Å². The van der Waals surface area contributed by atoms with Gasteiger partial charge in [0.25, 0.3) is 5.69 Å². The largest absolute Gasteiger partial charge is 0.305 e. The van der Waals surface area contributed by atoms with Crippen LogP contribution in [0.1, 0.15) is 5.56 Å². The summed E-state index contributed by atoms with van der Waals surface area (Å²) in [5.41, 5.74) is 1.15. The molecule has 4 nitrogen and oxygen atoms in total. The first-order valence-corrected chi connectivity index (χ1v) is 4.87. The summed E-state index contributed by atoms with van der Waals surface area (Å²) in [4.78, 5) is 12.1. The van der Waals surface area contributed by atoms with Crippen molar-refractivity contribution in [2.75, 3.05) is 14.1 Å². The van der Waals surface area contributed by atoms with Crippen LogP contribution < -0.4 is 0 Å². The molecule has 0 fully saturated rings. The van der Waals surface area contributed by atoms with Crippen molar-refractivity contribution < 1.29 is 4.92 Å². The number of nitrogens with zero attached hydrogens (tertiary/aromatic N) is 2. The predicted molar refractivity (Wildman–Crippen MR) is 58.2 cm³/mol. The maximum atomic E-state index is 10.5. The molecular formula is C9H11BrN2O2. The van der Waals surface area contributed by atoms with E-state index in [4.69, 9.17) is 0 Å². The van der Waals surface area contributed by atoms with E-state index in [9.17, 15) is 10.1 Å². The first-order chi connectivity index (χ1) is 6.50. The smallest absolute Gasteiger partial charge is 0.270 e. The van der Waals surface area contributed by atoms with E-state index in [1.807, 2.05) is 19.0 Å². The Kier molecular flexibility index (Phi) is 3.60. The van der Waals surface area contributed by atoms with E-state index >= 15 is 0 Å². The molecule has 0 aromatic heterocycles. The maximum absolute atomic E-state index is 10.5. The lowest BCUT2D eigenvalue weighted by molar-refractivity contribution is -0.384. The molecule has 0 atom stereocenters. The van der Waals surface area contributed by atoms with Gasteiger partial charge in [-0.05, 0) is 25.7 Å². The summed E-state index contributed by atoms with van der Waals surface area (Å²) in [6, 6.07) is 4.81. The number of non-ortho nitro benzene ring substituents is 1. The predicted octanol–water partition coefficient (Wildman–Crippen LogP) is 2.42. The second-order valence-electron chi connectivity index (χ2n) is 3.27. The molecule has 0 heterocycles. The molecule has 0 radical (unpaired) electrons. The van der Waals surface area contributed by atoms with E-state index in [1.165, 1.54) is 12.1 Å². The molecule has 0 N–H and O–H groups in total. The minimum atomic E-state index is -0.399. The highest BCUT2D eigenvalue weighted by Crippen LogP contribution is 2.23. The van der Waals surface area contributed by atoms with Crippen LogP contribution in [0.5, 0.6) is 0 Å². The zero-order valence-electron chi connectivity index (χ0n) is 8.03. The van der Waals surface area contributed by atoms with Crippen molar-refractivity contribution in [3.8, 4) is 0 Å². The summed E-state index contributed by atoms with van der Waals surface area (Å²) in [5, 5.41) is 10.5. The quantitative estimate of drug-likeness (QED) is 0.618. The van der Waals surface area contributed by atoms with Gasteiger partial charge in [0.2, 0.25) is 0 Å². The summed E-state index contributed by atoms with van der Waals surface area (Å²) in [6.07, 6.45) is 0. The summed E-state index contributed by atoms with van der Waals surface area (Å²) in [6.45, 7) is 0.762. The van der Waals surface area contributed by atoms with Crippen LogP contribution in [0.4, 0.5) is 5.69 Å². The number of rotatable bonds is 3. The lowest BCUT2D eigenvalue weighted by Gasteiger charge is -2.10. The monoisotopic (exact) mass is 258 g/mol. The number of hydrogen-bond acceptors (Lipinski definition) is 3. The van der Waals surface area contributed by atoms with Crippen LogP contribution in [-0.2, 0) is 6.54 Å². The van der Waals surface area contributed by atoms with E-state index in [0.29, 0.717) is 0 Å². The molecule has 1 rings (SSSR count). The zero-order chi connectivity index (χ0) is 10.7. The molecule has 0 bridgehead atoms. The highest BCUT2D eigenvalue weighted by Gasteiger charge is 2.08. The molecule has 0 aliphatic carbocycles. The van der Waals surface area contributed by atoms with Crippen molar-refractivity contribution in [3.63, 3.8) is 0 Å². The number of nitro groups is 1. The number of benzene rings is 1. The maximum Gasteiger partial charge on any atom is 0.270 e. The molecule has 0 aliphatic rings. The van der Waals surface area contributed by atoms with Crippen LogP contribution in [0.3, 0.4) is 0 Å². The lowest BCUT2D eigenvalue weighted by atomic mass is 10.2. The van der Waals surface area contributed by atoms with Gasteiger partial charge in [-0.1, -0.05) is 15.9 Å². The van der Waals surface area contributed by atoms with E-state index in [0.717, 1.165) is 16.6 Å². The van der Waals surface area contributed by atoms with Gasteiger partial charge in [0.05, 0.1) is 4.92 Å². The molecule has 1 aromatic rings. The van der Waals surface area contributed by atoms with E-state index < -0.39 is 4.92 Å². The van der Waals surface area contributed by atoms with Crippen LogP contribution in [-0.4, -0.2) is 23.9 Å². The Bertz CT molecular complexity index is 353. The molecule has 14 heavy (non-hydrogen) atoms. The van der Waals surface area contributed by atoms with Crippen molar-refractivity contribution in [1.29, 1.82) is 0 Å². The number of hydrogen-bond donors (Lipinski definition) is 0. The molecule has 0 saturated heterocycles. The Morgan fingerprint density at radius 2 is 2.14 bits per heavy atom. The molecule has 76 valence electrons. The molecule has 5 heteroatoms. The van der Waals surface area contributed by atoms with Gasteiger partial charge < -0.3 is 4.90 Å². The Morgan fingerprint density at radius 1 is 1.50 bits per heavy atom. The van der Waals surface area contributed by atoms with Crippen LogP contribution in [0.15, 0.2) is 22.7 Å². The first-order valence-electron chi connectivity index (χ1n) is 4.08. The van der Waals surface area contributed by atoms with Crippen LogP contribution in [0, 0.1) is 10.1 Å². The first kappa shape index (κ1) is 11.1. The molecule has 0 aliphatic heterocycles. The molecule has 0 saturated carbocycles. The van der Waals surface area contributed by atoms with Crippen LogP contribution in [0.25, 0.3) is 0 Å². The second kappa shape index (κ2) is 4.52. The summed E-state index contributed by atoms with van der Waals surface area (Å²) in [7, 11) is 3.90.